The molecule has 79 heavy (non-hydrogen) atoms. The highest BCUT2D eigenvalue weighted by Crippen LogP contribution is 2.33. The van der Waals surface area contributed by atoms with Crippen molar-refractivity contribution in [2.45, 2.75) is 311 Å². The van der Waals surface area contributed by atoms with Crippen molar-refractivity contribution in [3.63, 3.8) is 0 Å². The van der Waals surface area contributed by atoms with Crippen molar-refractivity contribution in [1.82, 2.24) is 5.32 Å². The Kier molecular flexibility index (Phi) is 39.4. The fourth-order valence-electron chi connectivity index (χ4n) is 10.3. The summed E-state index contributed by atoms with van der Waals surface area (Å²) in [6.45, 7) is 1.69. The second-order valence-corrected chi connectivity index (χ2v) is 22.2. The maximum Gasteiger partial charge on any atom is 0.220 e. The van der Waals surface area contributed by atoms with Crippen LogP contribution in [0, 0.1) is 0 Å². The number of carbonyl (C=O) groups excluding carboxylic acids is 1. The van der Waals surface area contributed by atoms with Gasteiger partial charge in [-0.1, -0.05) is 179 Å². The highest BCUT2D eigenvalue weighted by Gasteiger charge is 2.53. The zero-order valence-corrected chi connectivity index (χ0v) is 48.1. The molecule has 19 nitrogen and oxygen atoms in total. The highest BCUT2D eigenvalue weighted by atomic mass is 16.8. The van der Waals surface area contributed by atoms with Gasteiger partial charge in [-0.25, -0.2) is 0 Å². The largest absolute Gasteiger partial charge is 0.394 e. The van der Waals surface area contributed by atoms with Crippen LogP contribution in [0.5, 0.6) is 0 Å². The van der Waals surface area contributed by atoms with Gasteiger partial charge >= 0.3 is 0 Å². The number of allylic oxidation sites excluding steroid dienone is 5. The SMILES string of the molecule is CCCCCCCCC/C=C\CCCCCCCC(=O)NC(COC1OC(CO)C(OC2OC(CO)C(OC3OC(CO)C(O)C(O)C3O)C(O)C2O)C(O)C1O)C(O)/C=C/CC/C=C/CCCCCCCCCCCCCC. The molecule has 3 rings (SSSR count). The predicted octanol–water partition coefficient (Wildman–Crippen LogP) is 5.71. The van der Waals surface area contributed by atoms with Crippen LogP contribution in [-0.2, 0) is 33.2 Å². The van der Waals surface area contributed by atoms with E-state index in [4.69, 9.17) is 28.4 Å². The first-order valence-electron chi connectivity index (χ1n) is 30.7. The summed E-state index contributed by atoms with van der Waals surface area (Å²) < 4.78 is 34.2. The van der Waals surface area contributed by atoms with Crippen LogP contribution in [0.3, 0.4) is 0 Å². The number of nitrogens with one attached hydrogen (secondary N) is 1. The average molecular weight is 1130 g/mol. The Balaban J connectivity index is 1.52. The van der Waals surface area contributed by atoms with Gasteiger partial charge in [-0.15, -0.1) is 0 Å². The van der Waals surface area contributed by atoms with Crippen LogP contribution >= 0.6 is 0 Å². The Bertz CT molecular complexity index is 1590. The van der Waals surface area contributed by atoms with Crippen LogP contribution in [0.15, 0.2) is 36.5 Å². The van der Waals surface area contributed by atoms with E-state index < -0.39 is 124 Å². The number of ether oxygens (including phenoxy) is 6. The molecule has 0 saturated carbocycles. The number of unbranched alkanes of at least 4 members (excludes halogenated alkanes) is 25. The minimum atomic E-state index is -1.98. The lowest BCUT2D eigenvalue weighted by Crippen LogP contribution is -2.66. The molecule has 0 aromatic carbocycles. The average Bonchev–Trinajstić information content (AvgIpc) is 3.49. The zero-order valence-electron chi connectivity index (χ0n) is 48.1. The molecular formula is C60H109NO18. The molecule has 0 aliphatic carbocycles. The molecule has 12 N–H and O–H groups in total. The van der Waals surface area contributed by atoms with Crippen molar-refractivity contribution >= 4 is 5.91 Å². The van der Waals surface area contributed by atoms with E-state index in [9.17, 15) is 61.0 Å². The summed E-state index contributed by atoms with van der Waals surface area (Å²) in [4.78, 5) is 13.3. The molecule has 0 aromatic heterocycles. The van der Waals surface area contributed by atoms with Gasteiger partial charge in [0.15, 0.2) is 18.9 Å². The molecule has 3 saturated heterocycles. The fraction of sp³-hybridized carbons (Fsp3) is 0.883. The summed E-state index contributed by atoms with van der Waals surface area (Å²) >= 11 is 0. The van der Waals surface area contributed by atoms with Crippen molar-refractivity contribution in [1.29, 1.82) is 0 Å². The Morgan fingerprint density at radius 2 is 0.810 bits per heavy atom. The fourth-order valence-corrected chi connectivity index (χ4v) is 10.3. The van der Waals surface area contributed by atoms with Gasteiger partial charge in [0.2, 0.25) is 5.91 Å². The molecule has 3 fully saturated rings. The number of aliphatic hydroxyl groups is 11. The van der Waals surface area contributed by atoms with Gasteiger partial charge < -0.3 is 89.9 Å². The third kappa shape index (κ3) is 27.5. The van der Waals surface area contributed by atoms with E-state index in [1.807, 2.05) is 6.08 Å². The maximum absolute atomic E-state index is 13.3. The normalized spacial score (nSPS) is 30.5. The molecule has 1 amide bonds. The lowest BCUT2D eigenvalue weighted by Gasteiger charge is -2.48. The Morgan fingerprint density at radius 1 is 0.443 bits per heavy atom. The maximum atomic E-state index is 13.3. The number of hydrogen-bond acceptors (Lipinski definition) is 18. The monoisotopic (exact) mass is 1130 g/mol. The molecular weight excluding hydrogens is 1020 g/mol. The van der Waals surface area contributed by atoms with Crippen molar-refractivity contribution < 1.29 is 89.4 Å². The molecule has 3 heterocycles. The van der Waals surface area contributed by atoms with E-state index in [1.54, 1.807) is 6.08 Å². The number of hydrogen-bond donors (Lipinski definition) is 12. The van der Waals surface area contributed by atoms with Crippen LogP contribution < -0.4 is 5.32 Å². The van der Waals surface area contributed by atoms with Crippen molar-refractivity contribution in [2.75, 3.05) is 26.4 Å². The minimum absolute atomic E-state index is 0.226. The van der Waals surface area contributed by atoms with E-state index in [0.29, 0.717) is 12.8 Å². The van der Waals surface area contributed by atoms with E-state index in [-0.39, 0.29) is 18.9 Å². The smallest absolute Gasteiger partial charge is 0.220 e. The van der Waals surface area contributed by atoms with Crippen molar-refractivity contribution in [2.24, 2.45) is 0 Å². The van der Waals surface area contributed by atoms with E-state index in [0.717, 1.165) is 57.8 Å². The molecule has 462 valence electrons. The van der Waals surface area contributed by atoms with E-state index in [1.165, 1.54) is 116 Å². The van der Waals surface area contributed by atoms with Crippen LogP contribution in [0.4, 0.5) is 0 Å². The lowest BCUT2D eigenvalue weighted by atomic mass is 9.96. The summed E-state index contributed by atoms with van der Waals surface area (Å²) in [6, 6.07) is -0.992. The molecule has 0 spiro atoms. The summed E-state index contributed by atoms with van der Waals surface area (Å²) in [7, 11) is 0. The Hall–Kier alpha value is -1.99. The lowest BCUT2D eigenvalue weighted by molar-refractivity contribution is -0.379. The number of carbonyl (C=O) groups is 1. The van der Waals surface area contributed by atoms with E-state index in [2.05, 4.69) is 43.5 Å². The van der Waals surface area contributed by atoms with Crippen molar-refractivity contribution in [3.8, 4) is 0 Å². The molecule has 0 bridgehead atoms. The second-order valence-electron chi connectivity index (χ2n) is 22.2. The van der Waals surface area contributed by atoms with Crippen LogP contribution in [0.1, 0.15) is 206 Å². The summed E-state index contributed by atoms with van der Waals surface area (Å²) in [5, 5.41) is 120. The third-order valence-electron chi connectivity index (χ3n) is 15.4. The Morgan fingerprint density at radius 3 is 1.27 bits per heavy atom. The number of amides is 1. The summed E-state index contributed by atoms with van der Waals surface area (Å²) in [5.41, 5.74) is 0. The molecule has 3 aliphatic heterocycles. The van der Waals surface area contributed by atoms with Crippen LogP contribution in [0.2, 0.25) is 0 Å². The first-order chi connectivity index (χ1) is 38.3. The quantitative estimate of drug-likeness (QED) is 0.0257. The minimum Gasteiger partial charge on any atom is -0.394 e. The van der Waals surface area contributed by atoms with Gasteiger partial charge in [0.05, 0.1) is 38.6 Å². The van der Waals surface area contributed by atoms with Gasteiger partial charge in [0, 0.05) is 6.42 Å². The standard InChI is InChI=1S/C60H109NO18/c1-3-5-7-9-11-13-15-17-19-21-22-23-25-27-29-31-33-35-37-44(65)43(61-48(66)38-36-34-32-30-28-26-24-20-18-16-14-12-10-8-6-4-2)42-74-58-54(72)51(69)56(46(40-63)76-58)79-60-55(73)52(70)57(47(41-64)77-60)78-59-53(71)50(68)49(67)45(39-62)75-59/h20,24,27,29,35,37,43-47,49-60,62-65,67-73H,3-19,21-23,25-26,28,30-34,36,38-42H2,1-2H3,(H,61,66)/b24-20-,29-27+,37-35+. The molecule has 17 atom stereocenters. The van der Waals surface area contributed by atoms with Gasteiger partial charge in [0.1, 0.15) is 73.2 Å². The molecule has 0 radical (unpaired) electrons. The van der Waals surface area contributed by atoms with E-state index >= 15 is 0 Å². The molecule has 19 heteroatoms. The van der Waals surface area contributed by atoms with Crippen LogP contribution in [0.25, 0.3) is 0 Å². The second kappa shape index (κ2) is 43.6. The number of rotatable bonds is 45. The zero-order chi connectivity index (χ0) is 57.6. The van der Waals surface area contributed by atoms with Gasteiger partial charge in [-0.3, -0.25) is 4.79 Å². The molecule has 3 aliphatic rings. The van der Waals surface area contributed by atoms with Crippen LogP contribution in [-0.4, -0.2) is 193 Å². The predicted molar refractivity (Wildman–Crippen MR) is 300 cm³/mol. The Labute approximate surface area is 472 Å². The highest BCUT2D eigenvalue weighted by molar-refractivity contribution is 5.76. The van der Waals surface area contributed by atoms with Gasteiger partial charge in [-0.2, -0.15) is 0 Å². The summed E-state index contributed by atoms with van der Waals surface area (Å²) in [5.74, 6) is -0.294. The topological polar surface area (TPSA) is 307 Å². The summed E-state index contributed by atoms with van der Waals surface area (Å²) in [6.07, 6.45) is 19.8. The van der Waals surface area contributed by atoms with Crippen molar-refractivity contribution in [3.05, 3.63) is 36.5 Å². The molecule has 0 aromatic rings. The van der Waals surface area contributed by atoms with Gasteiger partial charge in [-0.05, 0) is 57.8 Å². The first kappa shape index (κ1) is 71.3. The van der Waals surface area contributed by atoms with Gasteiger partial charge in [0.25, 0.3) is 0 Å². The number of aliphatic hydroxyl groups excluding tert-OH is 11. The third-order valence-corrected chi connectivity index (χ3v) is 15.4. The molecule has 17 unspecified atom stereocenters. The first-order valence-corrected chi connectivity index (χ1v) is 30.7.